The molecule has 2 aliphatic heterocycles. The molecule has 0 radical (unpaired) electrons. The highest BCUT2D eigenvalue weighted by Crippen LogP contribution is 2.33. The summed E-state index contributed by atoms with van der Waals surface area (Å²) in [5.41, 5.74) is 3.14. The second kappa shape index (κ2) is 8.03. The van der Waals surface area contributed by atoms with E-state index in [1.165, 1.54) is 0 Å². The minimum Gasteiger partial charge on any atom is -0.491 e. The number of hydrogen-bond acceptors (Lipinski definition) is 5. The Morgan fingerprint density at radius 1 is 1.19 bits per heavy atom. The number of piperidine rings is 1. The van der Waals surface area contributed by atoms with E-state index in [2.05, 4.69) is 32.5 Å². The van der Waals surface area contributed by atoms with E-state index in [0.717, 1.165) is 42.4 Å². The fourth-order valence-corrected chi connectivity index (χ4v) is 4.23. The predicted octanol–water partition coefficient (Wildman–Crippen LogP) is 2.63. The molecule has 5 rings (SSSR count). The van der Waals surface area contributed by atoms with Crippen LogP contribution in [0.15, 0.2) is 36.5 Å². The van der Waals surface area contributed by atoms with Gasteiger partial charge in [0.1, 0.15) is 23.8 Å². The molecule has 3 N–H and O–H groups in total. The number of likely N-dealkylation sites (tertiary alicyclic amines) is 1. The van der Waals surface area contributed by atoms with Crippen LogP contribution in [0.3, 0.4) is 0 Å². The van der Waals surface area contributed by atoms with Gasteiger partial charge in [0.15, 0.2) is 0 Å². The molecule has 0 unspecified atom stereocenters. The zero-order chi connectivity index (χ0) is 21.4. The van der Waals surface area contributed by atoms with Gasteiger partial charge in [0, 0.05) is 23.1 Å². The largest absolute Gasteiger partial charge is 0.491 e. The van der Waals surface area contributed by atoms with Gasteiger partial charge in [-0.15, -0.1) is 0 Å². The van der Waals surface area contributed by atoms with Gasteiger partial charge in [-0.05, 0) is 62.8 Å². The maximum atomic E-state index is 12.6. The maximum Gasteiger partial charge on any atom is 0.255 e. The lowest BCUT2D eigenvalue weighted by Crippen LogP contribution is -2.36. The van der Waals surface area contributed by atoms with Crippen LogP contribution in [0.4, 0.5) is 5.82 Å². The van der Waals surface area contributed by atoms with Crippen molar-refractivity contribution in [1.82, 2.24) is 20.2 Å². The Morgan fingerprint density at radius 3 is 2.87 bits per heavy atom. The minimum atomic E-state index is -0.121. The number of ether oxygens (including phenoxy) is 1. The summed E-state index contributed by atoms with van der Waals surface area (Å²) in [5, 5.41) is 6.72. The number of aromatic amines is 1. The van der Waals surface area contributed by atoms with Crippen molar-refractivity contribution < 1.29 is 14.3 Å². The van der Waals surface area contributed by atoms with Gasteiger partial charge in [0.2, 0.25) is 5.91 Å². The Hall–Kier alpha value is -3.39. The van der Waals surface area contributed by atoms with Gasteiger partial charge in [-0.25, -0.2) is 4.98 Å². The number of nitrogens with zero attached hydrogens (tertiary/aromatic N) is 2. The zero-order valence-corrected chi connectivity index (χ0v) is 17.4. The van der Waals surface area contributed by atoms with E-state index in [-0.39, 0.29) is 17.7 Å². The molecule has 1 saturated heterocycles. The molecule has 8 nitrogen and oxygen atoms in total. The van der Waals surface area contributed by atoms with Crippen molar-refractivity contribution in [3.8, 4) is 16.9 Å². The van der Waals surface area contributed by atoms with Crippen LogP contribution < -0.4 is 15.4 Å². The molecule has 2 aliphatic rings. The first-order valence-electron chi connectivity index (χ1n) is 10.6. The fourth-order valence-electron chi connectivity index (χ4n) is 4.23. The molecule has 0 saturated carbocycles. The number of hydrogen-bond donors (Lipinski definition) is 3. The summed E-state index contributed by atoms with van der Waals surface area (Å²) < 4.78 is 5.74. The third-order valence-corrected chi connectivity index (χ3v) is 6.06. The Kier molecular flexibility index (Phi) is 5.07. The third kappa shape index (κ3) is 3.86. The molecular formula is C23H25N5O3. The molecule has 0 bridgehead atoms. The van der Waals surface area contributed by atoms with Crippen LogP contribution in [-0.4, -0.2) is 60.0 Å². The van der Waals surface area contributed by atoms with Crippen molar-refractivity contribution >= 4 is 28.7 Å². The molecule has 160 valence electrons. The number of carbonyl (C=O) groups excluding carboxylic acids is 2. The summed E-state index contributed by atoms with van der Waals surface area (Å²) in [7, 11) is 2.08. The molecule has 1 aromatic carbocycles. The third-order valence-electron chi connectivity index (χ3n) is 6.06. The fraction of sp³-hybridized carbons (Fsp3) is 0.348. The highest BCUT2D eigenvalue weighted by Gasteiger charge is 2.24. The molecule has 2 amide bonds. The van der Waals surface area contributed by atoms with Crippen molar-refractivity contribution in [1.29, 1.82) is 0 Å². The van der Waals surface area contributed by atoms with Crippen LogP contribution in [-0.2, 0) is 4.79 Å². The Balaban J connectivity index is 1.38. The molecule has 1 fully saturated rings. The summed E-state index contributed by atoms with van der Waals surface area (Å²) in [5.74, 6) is 1.07. The lowest BCUT2D eigenvalue weighted by molar-refractivity contribution is -0.121. The SMILES string of the molecule is CN1CCC(C(=O)Nc2ccc3c(-c4ccc5c(c4)OCCNC5=O)c[nH]c3n2)CC1. The van der Waals surface area contributed by atoms with Crippen LogP contribution in [0.5, 0.6) is 5.75 Å². The topological polar surface area (TPSA) is 99.4 Å². The average molecular weight is 419 g/mol. The number of H-pyrrole nitrogens is 1. The number of fused-ring (bicyclic) bond motifs is 2. The van der Waals surface area contributed by atoms with Gasteiger partial charge in [-0.1, -0.05) is 6.07 Å². The standard InChI is InChI=1S/C23H25N5O3/c1-28-9-6-14(7-10-28)22(29)27-20-5-4-16-18(13-25-21(16)26-20)15-2-3-17-19(12-15)31-11-8-24-23(17)30/h2-5,12-14H,6-11H2,1H3,(H,24,30)(H2,25,26,27,29). The highest BCUT2D eigenvalue weighted by atomic mass is 16.5. The van der Waals surface area contributed by atoms with Crippen molar-refractivity contribution in [2.45, 2.75) is 12.8 Å². The number of anilines is 1. The molecule has 0 spiro atoms. The Morgan fingerprint density at radius 2 is 2.03 bits per heavy atom. The van der Waals surface area contributed by atoms with E-state index in [1.54, 1.807) is 6.07 Å². The first kappa shape index (κ1) is 19.6. The molecule has 4 heterocycles. The first-order valence-corrected chi connectivity index (χ1v) is 10.6. The van der Waals surface area contributed by atoms with Gasteiger partial charge in [-0.2, -0.15) is 0 Å². The van der Waals surface area contributed by atoms with E-state index < -0.39 is 0 Å². The van der Waals surface area contributed by atoms with Crippen molar-refractivity contribution in [3.63, 3.8) is 0 Å². The van der Waals surface area contributed by atoms with Gasteiger partial charge in [-0.3, -0.25) is 9.59 Å². The van der Waals surface area contributed by atoms with Gasteiger partial charge < -0.3 is 25.3 Å². The lowest BCUT2D eigenvalue weighted by Gasteiger charge is -2.27. The summed E-state index contributed by atoms with van der Waals surface area (Å²) in [4.78, 5) is 34.8. The summed E-state index contributed by atoms with van der Waals surface area (Å²) >= 11 is 0. The number of rotatable bonds is 3. The van der Waals surface area contributed by atoms with E-state index in [9.17, 15) is 9.59 Å². The van der Waals surface area contributed by atoms with Gasteiger partial charge in [0.05, 0.1) is 12.1 Å². The van der Waals surface area contributed by atoms with Gasteiger partial charge >= 0.3 is 0 Å². The normalized spacial score (nSPS) is 17.5. The second-order valence-corrected chi connectivity index (χ2v) is 8.18. The second-order valence-electron chi connectivity index (χ2n) is 8.18. The number of aromatic nitrogens is 2. The minimum absolute atomic E-state index is 0.0321. The quantitative estimate of drug-likeness (QED) is 0.606. The molecule has 3 aromatic rings. The number of benzene rings is 1. The number of pyridine rings is 1. The van der Waals surface area contributed by atoms with E-state index >= 15 is 0 Å². The lowest BCUT2D eigenvalue weighted by atomic mass is 9.96. The molecule has 8 heteroatoms. The molecular weight excluding hydrogens is 394 g/mol. The van der Waals surface area contributed by atoms with Gasteiger partial charge in [0.25, 0.3) is 5.91 Å². The summed E-state index contributed by atoms with van der Waals surface area (Å²) in [6.45, 7) is 2.82. The Labute approximate surface area is 180 Å². The molecule has 31 heavy (non-hydrogen) atoms. The number of carbonyl (C=O) groups is 2. The smallest absolute Gasteiger partial charge is 0.255 e. The zero-order valence-electron chi connectivity index (χ0n) is 17.4. The summed E-state index contributed by atoms with van der Waals surface area (Å²) in [6.07, 6.45) is 3.63. The van der Waals surface area contributed by atoms with Crippen LogP contribution in [0.1, 0.15) is 23.2 Å². The van der Waals surface area contributed by atoms with Crippen LogP contribution >= 0.6 is 0 Å². The Bertz CT molecular complexity index is 1150. The van der Waals surface area contributed by atoms with Crippen molar-refractivity contribution in [3.05, 3.63) is 42.1 Å². The highest BCUT2D eigenvalue weighted by molar-refractivity contribution is 6.00. The monoisotopic (exact) mass is 419 g/mol. The average Bonchev–Trinajstić information content (AvgIpc) is 3.11. The maximum absolute atomic E-state index is 12.6. The predicted molar refractivity (Wildman–Crippen MR) is 118 cm³/mol. The number of amides is 2. The van der Waals surface area contributed by atoms with Crippen LogP contribution in [0, 0.1) is 5.92 Å². The van der Waals surface area contributed by atoms with Crippen LogP contribution in [0.2, 0.25) is 0 Å². The molecule has 0 aliphatic carbocycles. The van der Waals surface area contributed by atoms with Crippen LogP contribution in [0.25, 0.3) is 22.2 Å². The number of nitrogens with one attached hydrogen (secondary N) is 3. The molecule has 0 atom stereocenters. The molecule has 2 aromatic heterocycles. The van der Waals surface area contributed by atoms with E-state index in [1.807, 2.05) is 30.5 Å². The van der Waals surface area contributed by atoms with Crippen molar-refractivity contribution in [2.75, 3.05) is 38.6 Å². The van der Waals surface area contributed by atoms with Crippen molar-refractivity contribution in [2.24, 2.45) is 5.92 Å². The van der Waals surface area contributed by atoms with E-state index in [0.29, 0.717) is 35.9 Å². The summed E-state index contributed by atoms with van der Waals surface area (Å²) in [6, 6.07) is 9.37. The first-order chi connectivity index (χ1) is 15.1. The van der Waals surface area contributed by atoms with E-state index in [4.69, 9.17) is 4.74 Å².